The number of rotatable bonds is 15. The third-order valence-corrected chi connectivity index (χ3v) is 8.01. The van der Waals surface area contributed by atoms with Gasteiger partial charge in [-0.1, -0.05) is 117 Å². The molecular weight excluding hydrogens is 496 g/mol. The van der Waals surface area contributed by atoms with Gasteiger partial charge in [0, 0.05) is 10.8 Å². The molecule has 4 nitrogen and oxygen atoms in total. The number of unbranched alkanes of at least 4 members (excludes halogenated alkanes) is 7. The van der Waals surface area contributed by atoms with Gasteiger partial charge in [-0.15, -0.1) is 6.58 Å². The van der Waals surface area contributed by atoms with Gasteiger partial charge in [-0.05, 0) is 42.2 Å². The minimum atomic E-state index is -0.464. The predicted octanol–water partition coefficient (Wildman–Crippen LogP) is 8.64. The van der Waals surface area contributed by atoms with E-state index in [0.717, 1.165) is 52.3 Å². The first-order valence-electron chi connectivity index (χ1n) is 14.9. The first-order valence-corrected chi connectivity index (χ1v) is 14.9. The van der Waals surface area contributed by atoms with Crippen LogP contribution in [-0.4, -0.2) is 36.1 Å². The Morgan fingerprint density at radius 1 is 0.625 bits per heavy atom. The van der Waals surface area contributed by atoms with Crippen LogP contribution in [0.25, 0.3) is 21.5 Å². The molecule has 1 saturated heterocycles. The normalized spacial score (nSPS) is 20.6. The van der Waals surface area contributed by atoms with Crippen LogP contribution < -0.4 is 9.47 Å². The number of allylic oxidation sites excluding steroid dienone is 1. The molecule has 210 valence electrons. The molecule has 0 unspecified atom stereocenters. The van der Waals surface area contributed by atoms with E-state index in [1.807, 2.05) is 54.6 Å². The van der Waals surface area contributed by atoms with Crippen LogP contribution in [0.15, 0.2) is 97.6 Å². The van der Waals surface area contributed by atoms with Crippen molar-refractivity contribution in [2.24, 2.45) is 0 Å². The fourth-order valence-corrected chi connectivity index (χ4v) is 5.88. The largest absolute Gasteiger partial charge is 0.483 e. The predicted molar refractivity (Wildman–Crippen MR) is 164 cm³/mol. The molecule has 4 heteroatoms. The monoisotopic (exact) mass is 538 g/mol. The van der Waals surface area contributed by atoms with Gasteiger partial charge in [-0.25, -0.2) is 0 Å². The molecule has 0 bridgehead atoms. The Bertz CT molecular complexity index is 1350. The highest BCUT2D eigenvalue weighted by atomic mass is 16.6. The average molecular weight is 539 g/mol. The molecule has 0 aromatic heterocycles. The van der Waals surface area contributed by atoms with Crippen molar-refractivity contribution in [3.05, 3.63) is 97.6 Å². The van der Waals surface area contributed by atoms with Crippen LogP contribution in [0.3, 0.4) is 0 Å². The Morgan fingerprint density at radius 3 is 1.70 bits per heavy atom. The summed E-state index contributed by atoms with van der Waals surface area (Å²) in [7, 11) is 0. The van der Waals surface area contributed by atoms with Crippen LogP contribution in [0.4, 0.5) is 0 Å². The Balaban J connectivity index is 1.33. The molecule has 1 N–H and O–H groups in total. The van der Waals surface area contributed by atoms with E-state index in [1.165, 1.54) is 38.5 Å². The smallest absolute Gasteiger partial charge is 0.166 e. The number of fused-ring (bicyclic) bond motifs is 2. The quantitative estimate of drug-likeness (QED) is 0.122. The van der Waals surface area contributed by atoms with E-state index in [4.69, 9.17) is 14.2 Å². The Kier molecular flexibility index (Phi) is 10.1. The van der Waals surface area contributed by atoms with E-state index in [0.29, 0.717) is 0 Å². The summed E-state index contributed by atoms with van der Waals surface area (Å²) >= 11 is 0. The lowest BCUT2D eigenvalue weighted by atomic mass is 10.0. The Morgan fingerprint density at radius 2 is 1.12 bits per heavy atom. The molecule has 1 heterocycles. The molecule has 1 aliphatic heterocycles. The number of aliphatic hydroxyl groups excluding tert-OH is 1. The van der Waals surface area contributed by atoms with Crippen LogP contribution in [0.1, 0.15) is 57.8 Å². The maximum Gasteiger partial charge on any atom is 0.166 e. The molecular formula is C36H42O4. The van der Waals surface area contributed by atoms with Crippen LogP contribution >= 0.6 is 0 Å². The molecule has 1 aliphatic rings. The zero-order chi connectivity index (χ0) is 27.6. The van der Waals surface area contributed by atoms with Crippen molar-refractivity contribution in [1.82, 2.24) is 0 Å². The molecule has 4 atom stereocenters. The zero-order valence-corrected chi connectivity index (χ0v) is 23.4. The van der Waals surface area contributed by atoms with E-state index in [1.54, 1.807) is 0 Å². The van der Waals surface area contributed by atoms with Crippen LogP contribution in [0.5, 0.6) is 11.5 Å². The molecule has 0 aliphatic carbocycles. The van der Waals surface area contributed by atoms with E-state index in [9.17, 15) is 5.11 Å². The third kappa shape index (κ3) is 6.86. The summed E-state index contributed by atoms with van der Waals surface area (Å²) in [6.07, 6.45) is 11.1. The van der Waals surface area contributed by atoms with Gasteiger partial charge < -0.3 is 19.3 Å². The van der Waals surface area contributed by atoms with Crippen molar-refractivity contribution in [2.45, 2.75) is 82.2 Å². The van der Waals surface area contributed by atoms with Crippen molar-refractivity contribution < 1.29 is 19.3 Å². The molecule has 40 heavy (non-hydrogen) atoms. The maximum absolute atomic E-state index is 10.4. The molecule has 0 spiro atoms. The highest BCUT2D eigenvalue weighted by Crippen LogP contribution is 2.36. The second-order valence-corrected chi connectivity index (χ2v) is 10.9. The van der Waals surface area contributed by atoms with Crippen molar-refractivity contribution in [2.75, 3.05) is 6.61 Å². The summed E-state index contributed by atoms with van der Waals surface area (Å²) < 4.78 is 20.0. The summed E-state index contributed by atoms with van der Waals surface area (Å²) in [5.74, 6) is 1.61. The summed E-state index contributed by atoms with van der Waals surface area (Å²) in [6, 6.07) is 28.7. The SMILES string of the molecule is C=CCCCCCCCCC[C@@H]1O[C@H](CO)[C@@H](Oc2cccc3ccccc23)[C@@H]1Oc1cccc2ccccc12. The lowest BCUT2D eigenvalue weighted by Crippen LogP contribution is -2.43. The van der Waals surface area contributed by atoms with Crippen LogP contribution in [0, 0.1) is 0 Å². The first-order chi connectivity index (χ1) is 19.8. The first kappa shape index (κ1) is 28.2. The molecule has 0 amide bonds. The Labute approximate surface area is 238 Å². The van der Waals surface area contributed by atoms with Gasteiger partial charge in [0.05, 0.1) is 12.7 Å². The second-order valence-electron chi connectivity index (χ2n) is 10.9. The molecule has 5 rings (SSSR count). The highest BCUT2D eigenvalue weighted by Gasteiger charge is 2.47. The standard InChI is InChI=1S/C36H42O4/c1-2-3-4-5-6-7-8-9-10-23-33-35(39-31-24-15-19-27-17-11-13-21-29(27)31)36(34(26-37)38-33)40-32-25-16-20-28-18-12-14-22-30(28)32/h2,11-22,24-25,33-37H,1,3-10,23,26H2/t33-,34+,35+,36+/m0/s1. The van der Waals surface area contributed by atoms with Crippen molar-refractivity contribution >= 4 is 21.5 Å². The van der Waals surface area contributed by atoms with Gasteiger partial charge in [0.15, 0.2) is 12.2 Å². The molecule has 0 saturated carbocycles. The minimum Gasteiger partial charge on any atom is -0.483 e. The number of ether oxygens (including phenoxy) is 3. The second kappa shape index (κ2) is 14.3. The minimum absolute atomic E-state index is 0.119. The average Bonchev–Trinajstić information content (AvgIpc) is 3.32. The van der Waals surface area contributed by atoms with Gasteiger partial charge in [-0.2, -0.15) is 0 Å². The van der Waals surface area contributed by atoms with Crippen molar-refractivity contribution in [1.29, 1.82) is 0 Å². The summed E-state index contributed by atoms with van der Waals surface area (Å²) in [4.78, 5) is 0. The number of hydrogen-bond acceptors (Lipinski definition) is 4. The number of benzene rings is 4. The van der Waals surface area contributed by atoms with Gasteiger partial charge in [0.2, 0.25) is 0 Å². The van der Waals surface area contributed by atoms with E-state index < -0.39 is 12.2 Å². The summed E-state index contributed by atoms with van der Waals surface area (Å²) in [6.45, 7) is 3.69. The van der Waals surface area contributed by atoms with Crippen LogP contribution in [-0.2, 0) is 4.74 Å². The van der Waals surface area contributed by atoms with Gasteiger partial charge in [0.1, 0.15) is 17.6 Å². The highest BCUT2D eigenvalue weighted by molar-refractivity contribution is 5.89. The lowest BCUT2D eigenvalue weighted by Gasteiger charge is -2.27. The molecule has 4 aromatic rings. The van der Waals surface area contributed by atoms with E-state index in [-0.39, 0.29) is 18.8 Å². The molecule has 4 aromatic carbocycles. The van der Waals surface area contributed by atoms with Gasteiger partial charge in [-0.3, -0.25) is 0 Å². The van der Waals surface area contributed by atoms with Gasteiger partial charge >= 0.3 is 0 Å². The van der Waals surface area contributed by atoms with Crippen LogP contribution in [0.2, 0.25) is 0 Å². The fraction of sp³-hybridized carbons (Fsp3) is 0.389. The third-order valence-electron chi connectivity index (χ3n) is 8.01. The summed E-state index contributed by atoms with van der Waals surface area (Å²) in [5, 5.41) is 14.7. The fourth-order valence-electron chi connectivity index (χ4n) is 5.88. The lowest BCUT2D eigenvalue weighted by molar-refractivity contribution is -0.0201. The van der Waals surface area contributed by atoms with E-state index >= 15 is 0 Å². The van der Waals surface area contributed by atoms with Gasteiger partial charge in [0.25, 0.3) is 0 Å². The topological polar surface area (TPSA) is 47.9 Å². The van der Waals surface area contributed by atoms with Crippen molar-refractivity contribution in [3.63, 3.8) is 0 Å². The Hall–Kier alpha value is -3.34. The van der Waals surface area contributed by atoms with E-state index in [2.05, 4.69) is 43.0 Å². The molecule has 0 radical (unpaired) electrons. The zero-order valence-electron chi connectivity index (χ0n) is 23.4. The van der Waals surface area contributed by atoms with Crippen molar-refractivity contribution in [3.8, 4) is 11.5 Å². The maximum atomic E-state index is 10.4. The molecule has 1 fully saturated rings. The number of aliphatic hydroxyl groups is 1. The number of hydrogen-bond donors (Lipinski definition) is 1. The summed E-state index contributed by atoms with van der Waals surface area (Å²) in [5.41, 5.74) is 0.